The Bertz CT molecular complexity index is 413. The van der Waals surface area contributed by atoms with E-state index in [9.17, 15) is 4.79 Å². The van der Waals surface area contributed by atoms with Crippen molar-refractivity contribution in [3.8, 4) is 11.5 Å². The molecule has 1 aromatic carbocycles. The second-order valence-corrected chi connectivity index (χ2v) is 4.19. The van der Waals surface area contributed by atoms with Crippen molar-refractivity contribution in [2.45, 2.75) is 6.42 Å². The second kappa shape index (κ2) is 8.48. The maximum Gasteiger partial charge on any atom is 0.314 e. The molecule has 1 rings (SSSR count). The van der Waals surface area contributed by atoms with Crippen LogP contribution in [0.5, 0.6) is 11.5 Å². The highest BCUT2D eigenvalue weighted by Crippen LogP contribution is 2.27. The summed E-state index contributed by atoms with van der Waals surface area (Å²) < 4.78 is 10.4. The fraction of sp³-hybridized carbons (Fsp3) is 0.462. The smallest absolute Gasteiger partial charge is 0.314 e. The molecule has 0 bridgehead atoms. The summed E-state index contributed by atoms with van der Waals surface area (Å²) in [4.78, 5) is 11.3. The summed E-state index contributed by atoms with van der Waals surface area (Å²) in [5, 5.41) is 5.38. The maximum atomic E-state index is 11.3. The van der Waals surface area contributed by atoms with E-state index in [2.05, 4.69) is 10.6 Å². The number of benzene rings is 1. The first kappa shape index (κ1) is 15.4. The molecule has 106 valence electrons. The summed E-state index contributed by atoms with van der Waals surface area (Å²) in [6, 6.07) is 5.49. The van der Waals surface area contributed by atoms with E-state index in [4.69, 9.17) is 21.1 Å². The van der Waals surface area contributed by atoms with Crippen LogP contribution >= 0.6 is 11.6 Å². The highest BCUT2D eigenvalue weighted by molar-refractivity contribution is 6.18. The molecule has 0 unspecified atom stereocenters. The van der Waals surface area contributed by atoms with Crippen LogP contribution in [0.4, 0.5) is 4.79 Å². The van der Waals surface area contributed by atoms with Crippen LogP contribution in [0.2, 0.25) is 0 Å². The summed E-state index contributed by atoms with van der Waals surface area (Å²) in [7, 11) is 3.19. The Morgan fingerprint density at radius 2 is 1.84 bits per heavy atom. The van der Waals surface area contributed by atoms with Gasteiger partial charge in [-0.2, -0.15) is 0 Å². The van der Waals surface area contributed by atoms with Gasteiger partial charge in [-0.25, -0.2) is 4.79 Å². The van der Waals surface area contributed by atoms with Crippen molar-refractivity contribution in [3.63, 3.8) is 0 Å². The molecular weight excluding hydrogens is 268 g/mol. The molecule has 6 heteroatoms. The van der Waals surface area contributed by atoms with Crippen molar-refractivity contribution in [2.75, 3.05) is 33.2 Å². The van der Waals surface area contributed by atoms with Crippen LogP contribution in [0, 0.1) is 0 Å². The zero-order valence-electron chi connectivity index (χ0n) is 11.2. The number of urea groups is 1. The minimum atomic E-state index is -0.207. The average molecular weight is 287 g/mol. The summed E-state index contributed by atoms with van der Waals surface area (Å²) >= 11 is 5.47. The Morgan fingerprint density at radius 3 is 2.47 bits per heavy atom. The van der Waals surface area contributed by atoms with Gasteiger partial charge in [0.15, 0.2) is 11.5 Å². The van der Waals surface area contributed by atoms with Gasteiger partial charge in [-0.3, -0.25) is 0 Å². The van der Waals surface area contributed by atoms with Gasteiger partial charge in [-0.15, -0.1) is 11.6 Å². The number of rotatable bonds is 7. The topological polar surface area (TPSA) is 59.6 Å². The van der Waals surface area contributed by atoms with Gasteiger partial charge in [0, 0.05) is 19.0 Å². The normalized spacial score (nSPS) is 9.84. The van der Waals surface area contributed by atoms with Crippen molar-refractivity contribution in [3.05, 3.63) is 23.8 Å². The lowest BCUT2D eigenvalue weighted by molar-refractivity contribution is 0.241. The van der Waals surface area contributed by atoms with Crippen LogP contribution in [0.3, 0.4) is 0 Å². The number of hydrogen-bond donors (Lipinski definition) is 2. The first-order valence-electron chi connectivity index (χ1n) is 5.99. The average Bonchev–Trinajstić information content (AvgIpc) is 2.44. The largest absolute Gasteiger partial charge is 0.493 e. The van der Waals surface area contributed by atoms with Gasteiger partial charge in [-0.05, 0) is 24.1 Å². The second-order valence-electron chi connectivity index (χ2n) is 3.81. The van der Waals surface area contributed by atoms with Crippen LogP contribution in [0.1, 0.15) is 5.56 Å². The van der Waals surface area contributed by atoms with E-state index in [1.54, 1.807) is 14.2 Å². The molecule has 5 nitrogen and oxygen atoms in total. The number of amides is 2. The van der Waals surface area contributed by atoms with Crippen molar-refractivity contribution in [1.82, 2.24) is 10.6 Å². The summed E-state index contributed by atoms with van der Waals surface area (Å²) in [6.07, 6.45) is 0.717. The summed E-state index contributed by atoms with van der Waals surface area (Å²) in [5.41, 5.74) is 1.07. The highest BCUT2D eigenvalue weighted by atomic mass is 35.5. The van der Waals surface area contributed by atoms with Gasteiger partial charge < -0.3 is 20.1 Å². The van der Waals surface area contributed by atoms with Gasteiger partial charge in [0.05, 0.1) is 14.2 Å². The molecule has 19 heavy (non-hydrogen) atoms. The molecule has 0 atom stereocenters. The third-order valence-electron chi connectivity index (χ3n) is 2.53. The molecular formula is C13H19ClN2O3. The standard InChI is InChI=1S/C13H19ClN2O3/c1-18-11-4-3-10(9-12(11)19-2)5-7-15-13(17)16-8-6-14/h3-4,9H,5-8H2,1-2H3,(H2,15,16,17). The molecule has 2 N–H and O–H groups in total. The number of carbonyl (C=O) groups is 1. The molecule has 0 aliphatic heterocycles. The molecule has 0 heterocycles. The fourth-order valence-corrected chi connectivity index (χ4v) is 1.67. The number of hydrogen-bond acceptors (Lipinski definition) is 3. The van der Waals surface area contributed by atoms with Gasteiger partial charge in [0.25, 0.3) is 0 Å². The minimum absolute atomic E-state index is 0.207. The third kappa shape index (κ3) is 5.26. The molecule has 0 spiro atoms. The number of ether oxygens (including phenoxy) is 2. The van der Waals surface area contributed by atoms with E-state index in [0.717, 1.165) is 5.56 Å². The Hall–Kier alpha value is -1.62. The van der Waals surface area contributed by atoms with Crippen molar-refractivity contribution in [1.29, 1.82) is 0 Å². The van der Waals surface area contributed by atoms with Crippen molar-refractivity contribution >= 4 is 17.6 Å². The zero-order valence-corrected chi connectivity index (χ0v) is 11.9. The molecule has 0 saturated carbocycles. The number of nitrogens with one attached hydrogen (secondary N) is 2. The van der Waals surface area contributed by atoms with Crippen LogP contribution in [0.25, 0.3) is 0 Å². The predicted octanol–water partition coefficient (Wildman–Crippen LogP) is 1.78. The van der Waals surface area contributed by atoms with Crippen molar-refractivity contribution in [2.24, 2.45) is 0 Å². The SMILES string of the molecule is COc1ccc(CCNC(=O)NCCCl)cc1OC. The van der Waals surface area contributed by atoms with E-state index < -0.39 is 0 Å². The van der Waals surface area contributed by atoms with E-state index in [-0.39, 0.29) is 6.03 Å². The Kier molecular flexibility index (Phi) is 6.89. The van der Waals surface area contributed by atoms with E-state index >= 15 is 0 Å². The van der Waals surface area contributed by atoms with Gasteiger partial charge >= 0.3 is 6.03 Å². The monoisotopic (exact) mass is 286 g/mol. The van der Waals surface area contributed by atoms with E-state index in [1.165, 1.54) is 0 Å². The minimum Gasteiger partial charge on any atom is -0.493 e. The Balaban J connectivity index is 2.43. The molecule has 0 radical (unpaired) electrons. The lowest BCUT2D eigenvalue weighted by Crippen LogP contribution is -2.37. The quantitative estimate of drug-likeness (QED) is 0.751. The number of carbonyl (C=O) groups excluding carboxylic acids is 1. The first-order chi connectivity index (χ1) is 9.21. The van der Waals surface area contributed by atoms with Gasteiger partial charge in [-0.1, -0.05) is 6.07 Å². The molecule has 0 aliphatic rings. The molecule has 0 aromatic heterocycles. The van der Waals surface area contributed by atoms with Crippen LogP contribution in [-0.2, 0) is 6.42 Å². The summed E-state index contributed by atoms with van der Waals surface area (Å²) in [6.45, 7) is 1.01. The molecule has 0 saturated heterocycles. The number of halogens is 1. The zero-order chi connectivity index (χ0) is 14.1. The maximum absolute atomic E-state index is 11.3. The van der Waals surface area contributed by atoms with Crippen LogP contribution in [-0.4, -0.2) is 39.2 Å². The highest BCUT2D eigenvalue weighted by Gasteiger charge is 2.05. The number of alkyl halides is 1. The van der Waals surface area contributed by atoms with Gasteiger partial charge in [0.2, 0.25) is 0 Å². The lowest BCUT2D eigenvalue weighted by Gasteiger charge is -2.10. The summed E-state index contributed by atoms with van der Waals surface area (Å²) in [5.74, 6) is 1.79. The van der Waals surface area contributed by atoms with Crippen molar-refractivity contribution < 1.29 is 14.3 Å². The first-order valence-corrected chi connectivity index (χ1v) is 6.53. The van der Waals surface area contributed by atoms with Gasteiger partial charge in [0.1, 0.15) is 0 Å². The Morgan fingerprint density at radius 1 is 1.16 bits per heavy atom. The lowest BCUT2D eigenvalue weighted by atomic mass is 10.1. The molecule has 2 amide bonds. The van der Waals surface area contributed by atoms with Crippen LogP contribution in [0.15, 0.2) is 18.2 Å². The van der Waals surface area contributed by atoms with E-state index in [1.807, 2.05) is 18.2 Å². The number of methoxy groups -OCH3 is 2. The fourth-order valence-electron chi connectivity index (χ4n) is 1.58. The molecule has 0 fully saturated rings. The Labute approximate surface area is 118 Å². The molecule has 0 aliphatic carbocycles. The third-order valence-corrected chi connectivity index (χ3v) is 2.72. The van der Waals surface area contributed by atoms with E-state index in [0.29, 0.717) is 36.9 Å². The predicted molar refractivity (Wildman–Crippen MR) is 75.4 cm³/mol. The van der Waals surface area contributed by atoms with Crippen LogP contribution < -0.4 is 20.1 Å². The molecule has 1 aromatic rings.